The van der Waals surface area contributed by atoms with Crippen LogP contribution in [0, 0.1) is 0 Å². The summed E-state index contributed by atoms with van der Waals surface area (Å²) in [6.07, 6.45) is 3.91. The average molecular weight is 350 g/mol. The number of fused-ring (bicyclic) bond motifs is 1. The van der Waals surface area contributed by atoms with Crippen LogP contribution in [-0.2, 0) is 0 Å². The number of nitrogens with zero attached hydrogens (tertiary/aromatic N) is 1. The molecule has 0 bridgehead atoms. The fourth-order valence-corrected chi connectivity index (χ4v) is 2.81. The molecule has 26 heavy (non-hydrogen) atoms. The molecule has 2 aromatic carbocycles. The van der Waals surface area contributed by atoms with E-state index in [9.17, 15) is 0 Å². The monoisotopic (exact) mass is 350 g/mol. The van der Waals surface area contributed by atoms with E-state index in [2.05, 4.69) is 11.4 Å². The summed E-state index contributed by atoms with van der Waals surface area (Å²) >= 11 is 0. The lowest BCUT2D eigenvalue weighted by Gasteiger charge is -2.12. The van der Waals surface area contributed by atoms with Gasteiger partial charge in [-0.3, -0.25) is 0 Å². The van der Waals surface area contributed by atoms with E-state index < -0.39 is 0 Å². The number of anilines is 1. The maximum atomic E-state index is 5.47. The predicted molar refractivity (Wildman–Crippen MR) is 106 cm³/mol. The first-order valence-electron chi connectivity index (χ1n) is 8.25. The lowest BCUT2D eigenvalue weighted by atomic mass is 10.1. The third-order valence-corrected chi connectivity index (χ3v) is 4.18. The SMILES string of the molecule is CNc1cccc2ccc(C=Cc3cc(OC)c(OC)cc3OC)nc12. The molecule has 0 spiro atoms. The quantitative estimate of drug-likeness (QED) is 0.711. The van der Waals surface area contributed by atoms with Crippen molar-refractivity contribution in [2.24, 2.45) is 0 Å². The van der Waals surface area contributed by atoms with Gasteiger partial charge in [0.15, 0.2) is 11.5 Å². The lowest BCUT2D eigenvalue weighted by Crippen LogP contribution is -1.94. The number of pyridine rings is 1. The van der Waals surface area contributed by atoms with Crippen molar-refractivity contribution < 1.29 is 14.2 Å². The molecule has 1 heterocycles. The van der Waals surface area contributed by atoms with Gasteiger partial charge < -0.3 is 19.5 Å². The molecule has 1 aromatic heterocycles. The summed E-state index contributed by atoms with van der Waals surface area (Å²) in [6, 6.07) is 13.8. The highest BCUT2D eigenvalue weighted by Crippen LogP contribution is 2.35. The Morgan fingerprint density at radius 1 is 0.846 bits per heavy atom. The second kappa shape index (κ2) is 7.78. The van der Waals surface area contributed by atoms with Crippen LogP contribution < -0.4 is 19.5 Å². The van der Waals surface area contributed by atoms with E-state index >= 15 is 0 Å². The highest BCUT2D eigenvalue weighted by molar-refractivity contribution is 5.91. The Hall–Kier alpha value is -3.21. The van der Waals surface area contributed by atoms with Gasteiger partial charge in [0.2, 0.25) is 0 Å². The minimum atomic E-state index is 0.629. The van der Waals surface area contributed by atoms with Gasteiger partial charge in [0.1, 0.15) is 5.75 Å². The Bertz CT molecular complexity index is 951. The number of para-hydroxylation sites is 1. The molecule has 0 aliphatic heterocycles. The molecule has 134 valence electrons. The Balaban J connectivity index is 2.00. The maximum Gasteiger partial charge on any atom is 0.164 e. The van der Waals surface area contributed by atoms with Crippen LogP contribution in [-0.4, -0.2) is 33.4 Å². The third kappa shape index (κ3) is 3.42. The highest BCUT2D eigenvalue weighted by Gasteiger charge is 2.10. The standard InChI is InChI=1S/C21H22N2O3/c1-22-17-7-5-6-14-8-10-16(23-21(14)17)11-9-15-12-19(25-3)20(26-4)13-18(15)24-2/h5-13,22H,1-4H3. The van der Waals surface area contributed by atoms with Gasteiger partial charge in [0.05, 0.1) is 38.2 Å². The number of ether oxygens (including phenoxy) is 3. The van der Waals surface area contributed by atoms with Gasteiger partial charge in [-0.1, -0.05) is 18.2 Å². The van der Waals surface area contributed by atoms with Crippen molar-refractivity contribution >= 4 is 28.7 Å². The van der Waals surface area contributed by atoms with Crippen molar-refractivity contribution in [2.75, 3.05) is 33.7 Å². The molecular weight excluding hydrogens is 328 g/mol. The van der Waals surface area contributed by atoms with Gasteiger partial charge in [-0.05, 0) is 30.4 Å². The molecule has 0 saturated carbocycles. The van der Waals surface area contributed by atoms with Gasteiger partial charge in [0, 0.05) is 24.1 Å². The summed E-state index contributed by atoms with van der Waals surface area (Å²) in [5.41, 5.74) is 3.68. The van der Waals surface area contributed by atoms with Crippen LogP contribution in [0.5, 0.6) is 17.2 Å². The summed E-state index contributed by atoms with van der Waals surface area (Å²) in [4.78, 5) is 4.75. The number of hydrogen-bond acceptors (Lipinski definition) is 5. The summed E-state index contributed by atoms with van der Waals surface area (Å²) < 4.78 is 16.2. The number of rotatable bonds is 6. The molecule has 5 heteroatoms. The Labute approximate surface area is 153 Å². The minimum Gasteiger partial charge on any atom is -0.496 e. The van der Waals surface area contributed by atoms with E-state index in [0.29, 0.717) is 17.2 Å². The van der Waals surface area contributed by atoms with Crippen molar-refractivity contribution in [3.8, 4) is 17.2 Å². The van der Waals surface area contributed by atoms with Crippen LogP contribution in [0.25, 0.3) is 23.1 Å². The van der Waals surface area contributed by atoms with Crippen LogP contribution >= 0.6 is 0 Å². The molecule has 0 saturated heterocycles. The molecule has 1 N–H and O–H groups in total. The molecule has 0 unspecified atom stereocenters. The van der Waals surface area contributed by atoms with E-state index in [0.717, 1.165) is 27.8 Å². The van der Waals surface area contributed by atoms with Gasteiger partial charge in [-0.25, -0.2) is 4.98 Å². The Morgan fingerprint density at radius 3 is 2.27 bits per heavy atom. The van der Waals surface area contributed by atoms with Crippen LogP contribution in [0.4, 0.5) is 5.69 Å². The zero-order valence-corrected chi connectivity index (χ0v) is 15.4. The van der Waals surface area contributed by atoms with Crippen LogP contribution in [0.15, 0.2) is 42.5 Å². The predicted octanol–water partition coefficient (Wildman–Crippen LogP) is 4.47. The van der Waals surface area contributed by atoms with Gasteiger partial charge in [0.25, 0.3) is 0 Å². The topological polar surface area (TPSA) is 52.6 Å². The number of aromatic nitrogens is 1. The van der Waals surface area contributed by atoms with Gasteiger partial charge >= 0.3 is 0 Å². The largest absolute Gasteiger partial charge is 0.496 e. The molecule has 0 aliphatic rings. The average Bonchev–Trinajstić information content (AvgIpc) is 2.70. The summed E-state index contributed by atoms with van der Waals surface area (Å²) in [5, 5.41) is 4.28. The molecule has 0 aliphatic carbocycles. The Morgan fingerprint density at radius 2 is 1.58 bits per heavy atom. The molecule has 0 fully saturated rings. The smallest absolute Gasteiger partial charge is 0.164 e. The van der Waals surface area contributed by atoms with Crippen LogP contribution in [0.3, 0.4) is 0 Å². The maximum absolute atomic E-state index is 5.47. The first-order chi connectivity index (χ1) is 12.7. The zero-order chi connectivity index (χ0) is 18.5. The fraction of sp³-hybridized carbons (Fsp3) is 0.190. The van der Waals surface area contributed by atoms with Crippen LogP contribution in [0.1, 0.15) is 11.3 Å². The minimum absolute atomic E-state index is 0.629. The number of methoxy groups -OCH3 is 3. The second-order valence-corrected chi connectivity index (χ2v) is 5.65. The van der Waals surface area contributed by atoms with Crippen molar-refractivity contribution in [3.63, 3.8) is 0 Å². The van der Waals surface area contributed by atoms with Gasteiger partial charge in [-0.2, -0.15) is 0 Å². The molecular formula is C21H22N2O3. The summed E-state index contributed by atoms with van der Waals surface area (Å²) in [7, 11) is 6.74. The third-order valence-electron chi connectivity index (χ3n) is 4.18. The molecule has 0 amide bonds. The molecule has 5 nitrogen and oxygen atoms in total. The Kier molecular flexibility index (Phi) is 5.27. The fourth-order valence-electron chi connectivity index (χ4n) is 2.81. The highest BCUT2D eigenvalue weighted by atomic mass is 16.5. The van der Waals surface area contributed by atoms with E-state index in [1.54, 1.807) is 21.3 Å². The first kappa shape index (κ1) is 17.6. The van der Waals surface area contributed by atoms with Crippen molar-refractivity contribution in [3.05, 3.63) is 53.7 Å². The second-order valence-electron chi connectivity index (χ2n) is 5.65. The zero-order valence-electron chi connectivity index (χ0n) is 15.4. The van der Waals surface area contributed by atoms with Crippen molar-refractivity contribution in [1.29, 1.82) is 0 Å². The van der Waals surface area contributed by atoms with Crippen molar-refractivity contribution in [2.45, 2.75) is 0 Å². The number of benzene rings is 2. The van der Waals surface area contributed by atoms with Crippen molar-refractivity contribution in [1.82, 2.24) is 4.98 Å². The first-order valence-corrected chi connectivity index (χ1v) is 8.25. The normalized spacial score (nSPS) is 10.9. The summed E-state index contributed by atoms with van der Waals surface area (Å²) in [6.45, 7) is 0. The van der Waals surface area contributed by atoms with E-state index in [1.165, 1.54) is 0 Å². The number of hydrogen-bond donors (Lipinski definition) is 1. The number of nitrogens with one attached hydrogen (secondary N) is 1. The molecule has 0 atom stereocenters. The van der Waals surface area contributed by atoms with E-state index in [4.69, 9.17) is 19.2 Å². The van der Waals surface area contributed by atoms with Gasteiger partial charge in [-0.15, -0.1) is 0 Å². The van der Waals surface area contributed by atoms with Crippen LogP contribution in [0.2, 0.25) is 0 Å². The molecule has 0 radical (unpaired) electrons. The van der Waals surface area contributed by atoms with E-state index in [1.807, 2.05) is 55.6 Å². The molecule has 3 rings (SSSR count). The molecule has 3 aromatic rings. The van der Waals surface area contributed by atoms with E-state index in [-0.39, 0.29) is 0 Å². The lowest BCUT2D eigenvalue weighted by molar-refractivity contribution is 0.348. The summed E-state index contributed by atoms with van der Waals surface area (Å²) in [5.74, 6) is 1.98.